The van der Waals surface area contributed by atoms with E-state index in [1.165, 1.54) is 13.1 Å². The van der Waals surface area contributed by atoms with E-state index in [9.17, 15) is 4.79 Å². The van der Waals surface area contributed by atoms with Crippen LogP contribution in [0.5, 0.6) is 0 Å². The average Bonchev–Trinajstić information content (AvgIpc) is 2.15. The lowest BCUT2D eigenvalue weighted by atomic mass is 10.2. The minimum atomic E-state index is -0.130. The summed E-state index contributed by atoms with van der Waals surface area (Å²) >= 11 is 5.90. The molecule has 0 atom stereocenters. The monoisotopic (exact) mass is 195 g/mol. The van der Waals surface area contributed by atoms with E-state index in [-0.39, 0.29) is 5.91 Å². The standard InChI is InChI=1S/C10H10ClNO/c1-8(13)12-7-10(11)9-5-3-2-4-6-9/h2-7H,1H3,(H,12,13)/b10-7-. The molecule has 1 aromatic rings. The number of nitrogens with one attached hydrogen (secondary N) is 1. The average molecular weight is 196 g/mol. The van der Waals surface area contributed by atoms with E-state index in [4.69, 9.17) is 11.6 Å². The van der Waals surface area contributed by atoms with Crippen molar-refractivity contribution in [3.63, 3.8) is 0 Å². The molecule has 0 aliphatic carbocycles. The Hall–Kier alpha value is -1.28. The van der Waals surface area contributed by atoms with Crippen LogP contribution in [0, 0.1) is 0 Å². The number of hydrogen-bond acceptors (Lipinski definition) is 1. The molecule has 0 aromatic heterocycles. The number of amides is 1. The highest BCUT2D eigenvalue weighted by molar-refractivity contribution is 6.48. The van der Waals surface area contributed by atoms with Crippen molar-refractivity contribution in [1.29, 1.82) is 0 Å². The van der Waals surface area contributed by atoms with Gasteiger partial charge in [-0.1, -0.05) is 41.9 Å². The Balaban J connectivity index is 2.73. The number of rotatable bonds is 2. The van der Waals surface area contributed by atoms with Gasteiger partial charge in [-0.25, -0.2) is 0 Å². The lowest BCUT2D eigenvalue weighted by Gasteiger charge is -1.98. The van der Waals surface area contributed by atoms with Crippen molar-refractivity contribution in [2.45, 2.75) is 6.92 Å². The molecule has 1 rings (SSSR count). The summed E-state index contributed by atoms with van der Waals surface area (Å²) in [6.45, 7) is 1.44. The van der Waals surface area contributed by atoms with Gasteiger partial charge < -0.3 is 5.32 Å². The molecule has 0 heterocycles. The zero-order valence-corrected chi connectivity index (χ0v) is 8.01. The van der Waals surface area contributed by atoms with Crippen molar-refractivity contribution < 1.29 is 4.79 Å². The van der Waals surface area contributed by atoms with E-state index in [2.05, 4.69) is 5.32 Å². The Labute approximate surface area is 82.2 Å². The first-order valence-corrected chi connectivity index (χ1v) is 4.26. The predicted octanol–water partition coefficient (Wildman–Crippen LogP) is 2.36. The molecule has 0 spiro atoms. The molecule has 13 heavy (non-hydrogen) atoms. The summed E-state index contributed by atoms with van der Waals surface area (Å²) in [7, 11) is 0. The van der Waals surface area contributed by atoms with Gasteiger partial charge in [0, 0.05) is 13.1 Å². The molecule has 0 saturated heterocycles. The van der Waals surface area contributed by atoms with Gasteiger partial charge >= 0.3 is 0 Å². The number of carbonyl (C=O) groups is 1. The smallest absolute Gasteiger partial charge is 0.220 e. The van der Waals surface area contributed by atoms with E-state index in [0.717, 1.165) is 5.56 Å². The molecule has 68 valence electrons. The number of carbonyl (C=O) groups excluding carboxylic acids is 1. The van der Waals surface area contributed by atoms with Crippen molar-refractivity contribution in [2.75, 3.05) is 0 Å². The molecule has 0 saturated carbocycles. The third-order valence-corrected chi connectivity index (χ3v) is 1.78. The minimum absolute atomic E-state index is 0.130. The van der Waals surface area contributed by atoms with E-state index >= 15 is 0 Å². The van der Waals surface area contributed by atoms with Crippen molar-refractivity contribution >= 4 is 22.5 Å². The summed E-state index contributed by atoms with van der Waals surface area (Å²) in [6.07, 6.45) is 1.49. The first kappa shape index (κ1) is 9.81. The third kappa shape index (κ3) is 3.30. The number of benzene rings is 1. The first-order valence-electron chi connectivity index (χ1n) is 3.88. The summed E-state index contributed by atoms with van der Waals surface area (Å²) in [5.74, 6) is -0.130. The maximum atomic E-state index is 10.6. The lowest BCUT2D eigenvalue weighted by Crippen LogP contribution is -2.11. The first-order chi connectivity index (χ1) is 6.20. The van der Waals surface area contributed by atoms with Crippen LogP contribution in [0.2, 0.25) is 0 Å². The van der Waals surface area contributed by atoms with Crippen LogP contribution in [-0.4, -0.2) is 5.91 Å². The Morgan fingerprint density at radius 1 is 1.38 bits per heavy atom. The Morgan fingerprint density at radius 2 is 2.00 bits per heavy atom. The predicted molar refractivity (Wildman–Crippen MR) is 54.1 cm³/mol. The van der Waals surface area contributed by atoms with Gasteiger partial charge in [-0.15, -0.1) is 0 Å². The van der Waals surface area contributed by atoms with Crippen LogP contribution in [0.25, 0.3) is 5.03 Å². The molecule has 0 bridgehead atoms. The van der Waals surface area contributed by atoms with E-state index in [0.29, 0.717) is 5.03 Å². The van der Waals surface area contributed by atoms with Crippen molar-refractivity contribution in [1.82, 2.24) is 5.32 Å². The molecular weight excluding hydrogens is 186 g/mol. The van der Waals surface area contributed by atoms with Gasteiger partial charge in [-0.05, 0) is 5.56 Å². The summed E-state index contributed by atoms with van der Waals surface area (Å²) in [5.41, 5.74) is 0.887. The normalized spacial score (nSPS) is 11.1. The maximum absolute atomic E-state index is 10.6. The van der Waals surface area contributed by atoms with Crippen LogP contribution in [0.3, 0.4) is 0 Å². The van der Waals surface area contributed by atoms with Gasteiger partial charge in [0.1, 0.15) is 0 Å². The minimum Gasteiger partial charge on any atom is -0.331 e. The Morgan fingerprint density at radius 3 is 2.54 bits per heavy atom. The molecule has 0 unspecified atom stereocenters. The zero-order chi connectivity index (χ0) is 9.68. The van der Waals surface area contributed by atoms with Crippen LogP contribution in [0.1, 0.15) is 12.5 Å². The highest BCUT2D eigenvalue weighted by atomic mass is 35.5. The van der Waals surface area contributed by atoms with Gasteiger partial charge in [0.05, 0.1) is 5.03 Å². The summed E-state index contributed by atoms with van der Waals surface area (Å²) in [5, 5.41) is 3.03. The number of hydrogen-bond donors (Lipinski definition) is 1. The SMILES string of the molecule is CC(=O)N/C=C(\Cl)c1ccccc1. The molecular formula is C10H10ClNO. The summed E-state index contributed by atoms with van der Waals surface area (Å²) in [6, 6.07) is 9.44. The molecule has 0 aliphatic heterocycles. The third-order valence-electron chi connectivity index (χ3n) is 1.45. The molecule has 3 heteroatoms. The van der Waals surface area contributed by atoms with Crippen LogP contribution in [0.4, 0.5) is 0 Å². The quantitative estimate of drug-likeness (QED) is 0.771. The van der Waals surface area contributed by atoms with Crippen LogP contribution in [0.15, 0.2) is 36.5 Å². The Bertz CT molecular complexity index is 319. The largest absolute Gasteiger partial charge is 0.331 e. The van der Waals surface area contributed by atoms with E-state index < -0.39 is 0 Å². The molecule has 1 amide bonds. The summed E-state index contributed by atoms with van der Waals surface area (Å²) in [4.78, 5) is 10.6. The van der Waals surface area contributed by atoms with Gasteiger partial charge in [0.25, 0.3) is 0 Å². The maximum Gasteiger partial charge on any atom is 0.220 e. The van der Waals surface area contributed by atoms with E-state index in [1.54, 1.807) is 0 Å². The highest BCUT2D eigenvalue weighted by Crippen LogP contribution is 2.16. The second-order valence-corrected chi connectivity index (χ2v) is 2.97. The second kappa shape index (κ2) is 4.67. The second-order valence-electron chi connectivity index (χ2n) is 2.56. The fourth-order valence-corrected chi connectivity index (χ4v) is 1.03. The highest BCUT2D eigenvalue weighted by Gasteiger charge is 1.95. The van der Waals surface area contributed by atoms with Crippen LogP contribution < -0.4 is 5.32 Å². The van der Waals surface area contributed by atoms with Crippen molar-refractivity contribution in [3.8, 4) is 0 Å². The fraction of sp³-hybridized carbons (Fsp3) is 0.100. The Kier molecular flexibility index (Phi) is 3.53. The fourth-order valence-electron chi connectivity index (χ4n) is 0.846. The van der Waals surface area contributed by atoms with Gasteiger partial charge in [0.2, 0.25) is 5.91 Å². The lowest BCUT2D eigenvalue weighted by molar-refractivity contribution is -0.118. The van der Waals surface area contributed by atoms with Gasteiger partial charge in [-0.2, -0.15) is 0 Å². The van der Waals surface area contributed by atoms with Gasteiger partial charge in [-0.3, -0.25) is 4.79 Å². The van der Waals surface area contributed by atoms with Crippen molar-refractivity contribution in [3.05, 3.63) is 42.1 Å². The van der Waals surface area contributed by atoms with Crippen molar-refractivity contribution in [2.24, 2.45) is 0 Å². The van der Waals surface area contributed by atoms with Crippen LogP contribution >= 0.6 is 11.6 Å². The zero-order valence-electron chi connectivity index (χ0n) is 7.25. The molecule has 0 fully saturated rings. The number of halogens is 1. The van der Waals surface area contributed by atoms with Gasteiger partial charge in [0.15, 0.2) is 0 Å². The molecule has 0 aliphatic rings. The molecule has 1 aromatic carbocycles. The van der Waals surface area contributed by atoms with E-state index in [1.807, 2.05) is 30.3 Å². The molecule has 2 nitrogen and oxygen atoms in total. The molecule has 1 N–H and O–H groups in total. The van der Waals surface area contributed by atoms with Crippen LogP contribution in [-0.2, 0) is 4.79 Å². The topological polar surface area (TPSA) is 29.1 Å². The summed E-state index contributed by atoms with van der Waals surface area (Å²) < 4.78 is 0. The molecule has 0 radical (unpaired) electrons.